The number of nitrogens with zero attached hydrogens (tertiary/aromatic N) is 2. The van der Waals surface area contributed by atoms with Gasteiger partial charge in [-0.15, -0.1) is 0 Å². The van der Waals surface area contributed by atoms with Crippen LogP contribution in [0.25, 0.3) is 0 Å². The van der Waals surface area contributed by atoms with Gasteiger partial charge in [0.25, 0.3) is 0 Å². The van der Waals surface area contributed by atoms with Crippen LogP contribution in [0.15, 0.2) is 53.5 Å². The molecule has 6 heteroatoms. The van der Waals surface area contributed by atoms with Crippen molar-refractivity contribution in [2.45, 2.75) is 31.7 Å². The van der Waals surface area contributed by atoms with Crippen LogP contribution < -0.4 is 4.90 Å². The molecule has 0 unspecified atom stereocenters. The van der Waals surface area contributed by atoms with Gasteiger partial charge in [-0.05, 0) is 31.0 Å². The molecule has 1 saturated heterocycles. The van der Waals surface area contributed by atoms with E-state index in [1.807, 2.05) is 18.2 Å². The molecule has 2 aromatic carbocycles. The second-order valence-corrected chi connectivity index (χ2v) is 10.2. The summed E-state index contributed by atoms with van der Waals surface area (Å²) >= 11 is 1.69. The smallest absolute Gasteiger partial charge is 0.164 e. The van der Waals surface area contributed by atoms with E-state index < -0.39 is 9.84 Å². The lowest BCUT2D eigenvalue weighted by atomic mass is 10.1. The summed E-state index contributed by atoms with van der Waals surface area (Å²) in [4.78, 5) is 6.97. The Morgan fingerprint density at radius 2 is 1.88 bits per heavy atom. The van der Waals surface area contributed by atoms with Crippen LogP contribution in [0.2, 0.25) is 0 Å². The molecule has 0 bridgehead atoms. The number of aliphatic imine (C=N–C) groups is 1. The highest BCUT2D eigenvalue weighted by Gasteiger charge is 2.47. The fourth-order valence-electron chi connectivity index (χ4n) is 3.71. The van der Waals surface area contributed by atoms with Gasteiger partial charge in [-0.3, -0.25) is 4.99 Å². The molecule has 0 amide bonds. The average molecular weight is 387 g/mol. The molecule has 1 fully saturated rings. The van der Waals surface area contributed by atoms with E-state index in [1.165, 1.54) is 11.1 Å². The van der Waals surface area contributed by atoms with Crippen molar-refractivity contribution in [1.82, 2.24) is 0 Å². The zero-order chi connectivity index (χ0) is 18.3. The number of aryl methyl sites for hydroxylation is 2. The highest BCUT2D eigenvalue weighted by Crippen LogP contribution is 2.37. The van der Waals surface area contributed by atoms with Gasteiger partial charge in [0.2, 0.25) is 0 Å². The van der Waals surface area contributed by atoms with Gasteiger partial charge in [-0.1, -0.05) is 59.8 Å². The Morgan fingerprint density at radius 1 is 1.12 bits per heavy atom. The number of amidine groups is 1. The lowest BCUT2D eigenvalue weighted by molar-refractivity contribution is 0.601. The van der Waals surface area contributed by atoms with Crippen LogP contribution in [0, 0.1) is 13.8 Å². The van der Waals surface area contributed by atoms with Gasteiger partial charge in [0.1, 0.15) is 0 Å². The molecule has 0 N–H and O–H groups in total. The predicted octanol–water partition coefficient (Wildman–Crippen LogP) is 3.58. The second kappa shape index (κ2) is 6.74. The Balaban J connectivity index is 1.66. The molecule has 4 rings (SSSR count). The quantitative estimate of drug-likeness (QED) is 0.809. The van der Waals surface area contributed by atoms with Gasteiger partial charge in [-0.25, -0.2) is 8.42 Å². The van der Waals surface area contributed by atoms with Gasteiger partial charge in [0.15, 0.2) is 15.0 Å². The molecule has 0 saturated carbocycles. The molecule has 2 aromatic rings. The van der Waals surface area contributed by atoms with E-state index in [4.69, 9.17) is 4.99 Å². The number of benzene rings is 2. The average Bonchev–Trinajstić information content (AvgIpc) is 3.06. The molecule has 2 aliphatic heterocycles. The Bertz CT molecular complexity index is 955. The van der Waals surface area contributed by atoms with Crippen LogP contribution >= 0.6 is 11.8 Å². The normalized spacial score (nSPS) is 23.8. The summed E-state index contributed by atoms with van der Waals surface area (Å²) in [5.41, 5.74) is 4.67. The number of fused-ring (bicyclic) bond motifs is 1. The van der Waals surface area contributed by atoms with Crippen molar-refractivity contribution < 1.29 is 8.42 Å². The maximum absolute atomic E-state index is 12.1. The molecule has 136 valence electrons. The minimum absolute atomic E-state index is 0.0836. The minimum atomic E-state index is -3.02. The Hall–Kier alpha value is -1.79. The summed E-state index contributed by atoms with van der Waals surface area (Å²) in [6.07, 6.45) is 0. The van der Waals surface area contributed by atoms with E-state index in [9.17, 15) is 8.42 Å². The zero-order valence-electron chi connectivity index (χ0n) is 14.9. The van der Waals surface area contributed by atoms with Crippen LogP contribution in [0.5, 0.6) is 0 Å². The molecule has 0 aliphatic carbocycles. The summed E-state index contributed by atoms with van der Waals surface area (Å²) in [7, 11) is -3.02. The van der Waals surface area contributed by atoms with Crippen LogP contribution in [0.1, 0.15) is 16.7 Å². The van der Waals surface area contributed by atoms with E-state index in [1.54, 1.807) is 11.8 Å². The maximum atomic E-state index is 12.1. The number of anilines is 1. The SMILES string of the molecule is Cc1ccc(N2C(SCc3ccccc3)=N[C@H]3CS(=O)(=O)C[C@@H]32)c(C)c1. The summed E-state index contributed by atoms with van der Waals surface area (Å²) in [5.74, 6) is 1.17. The number of thioether (sulfide) groups is 1. The highest BCUT2D eigenvalue weighted by atomic mass is 32.2. The standard InChI is InChI=1S/C20H22N2O2S2/c1-14-8-9-18(15(2)10-14)22-19-13-26(23,24)12-17(19)21-20(22)25-11-16-6-4-3-5-7-16/h3-10,17,19H,11-13H2,1-2H3/t17-,19-/m0/s1. The predicted molar refractivity (Wildman–Crippen MR) is 110 cm³/mol. The monoisotopic (exact) mass is 386 g/mol. The Labute approximate surface area is 159 Å². The third kappa shape index (κ3) is 3.40. The molecular weight excluding hydrogens is 364 g/mol. The van der Waals surface area contributed by atoms with Crippen molar-refractivity contribution in [3.05, 3.63) is 65.2 Å². The van der Waals surface area contributed by atoms with E-state index >= 15 is 0 Å². The van der Waals surface area contributed by atoms with Gasteiger partial charge in [0, 0.05) is 11.4 Å². The van der Waals surface area contributed by atoms with Gasteiger partial charge >= 0.3 is 0 Å². The van der Waals surface area contributed by atoms with Crippen LogP contribution in [0.3, 0.4) is 0 Å². The number of hydrogen-bond donors (Lipinski definition) is 0. The number of hydrogen-bond acceptors (Lipinski definition) is 5. The van der Waals surface area contributed by atoms with Crippen LogP contribution in [-0.4, -0.2) is 37.2 Å². The van der Waals surface area contributed by atoms with Crippen molar-refractivity contribution in [2.24, 2.45) is 4.99 Å². The van der Waals surface area contributed by atoms with E-state index in [0.717, 1.165) is 22.2 Å². The molecule has 0 aromatic heterocycles. The first kappa shape index (κ1) is 17.6. The van der Waals surface area contributed by atoms with Gasteiger partial charge in [-0.2, -0.15) is 0 Å². The summed E-state index contributed by atoms with van der Waals surface area (Å²) in [6.45, 7) is 4.15. The largest absolute Gasteiger partial charge is 0.315 e. The first-order valence-corrected chi connectivity index (χ1v) is 11.5. The van der Waals surface area contributed by atoms with Crippen molar-refractivity contribution >= 4 is 32.5 Å². The van der Waals surface area contributed by atoms with Crippen LogP contribution in [0.4, 0.5) is 5.69 Å². The minimum Gasteiger partial charge on any atom is -0.315 e. The Morgan fingerprint density at radius 3 is 2.62 bits per heavy atom. The van der Waals surface area contributed by atoms with E-state index in [-0.39, 0.29) is 23.6 Å². The summed E-state index contributed by atoms with van der Waals surface area (Å²) in [6, 6.07) is 16.4. The number of rotatable bonds is 3. The fourth-order valence-corrected chi connectivity index (χ4v) is 6.63. The first-order chi connectivity index (χ1) is 12.4. The lowest BCUT2D eigenvalue weighted by Crippen LogP contribution is -2.39. The first-order valence-electron chi connectivity index (χ1n) is 8.74. The molecule has 26 heavy (non-hydrogen) atoms. The fraction of sp³-hybridized carbons (Fsp3) is 0.350. The third-order valence-corrected chi connectivity index (χ3v) is 7.67. The van der Waals surface area contributed by atoms with E-state index in [2.05, 4.69) is 49.1 Å². The maximum Gasteiger partial charge on any atom is 0.164 e. The molecule has 2 heterocycles. The molecule has 2 aliphatic rings. The third-order valence-electron chi connectivity index (χ3n) is 4.93. The molecule has 2 atom stereocenters. The molecule has 0 spiro atoms. The molecule has 0 radical (unpaired) electrons. The van der Waals surface area contributed by atoms with Crippen molar-refractivity contribution in [1.29, 1.82) is 0 Å². The van der Waals surface area contributed by atoms with Gasteiger partial charge in [0.05, 0.1) is 23.6 Å². The highest BCUT2D eigenvalue weighted by molar-refractivity contribution is 8.13. The number of sulfone groups is 1. The second-order valence-electron chi connectivity index (χ2n) is 7.06. The van der Waals surface area contributed by atoms with Gasteiger partial charge < -0.3 is 4.90 Å². The summed E-state index contributed by atoms with van der Waals surface area (Å²) < 4.78 is 24.3. The lowest BCUT2D eigenvalue weighted by Gasteiger charge is -2.28. The topological polar surface area (TPSA) is 49.7 Å². The zero-order valence-corrected chi connectivity index (χ0v) is 16.6. The summed E-state index contributed by atoms with van der Waals surface area (Å²) in [5, 5.41) is 0.936. The Kier molecular flexibility index (Phi) is 4.57. The van der Waals surface area contributed by atoms with E-state index in [0.29, 0.717) is 0 Å². The van der Waals surface area contributed by atoms with Crippen LogP contribution in [-0.2, 0) is 15.6 Å². The van der Waals surface area contributed by atoms with Crippen molar-refractivity contribution in [3.63, 3.8) is 0 Å². The molecule has 4 nitrogen and oxygen atoms in total. The van der Waals surface area contributed by atoms with Crippen molar-refractivity contribution in [3.8, 4) is 0 Å². The molecular formula is C20H22N2O2S2. The van der Waals surface area contributed by atoms with Crippen molar-refractivity contribution in [2.75, 3.05) is 16.4 Å².